The van der Waals surface area contributed by atoms with Gasteiger partial charge in [0.25, 0.3) is 5.56 Å². The van der Waals surface area contributed by atoms with E-state index in [0.29, 0.717) is 18.2 Å². The lowest BCUT2D eigenvalue weighted by molar-refractivity contribution is 0.340. The molecule has 6 heteroatoms. The summed E-state index contributed by atoms with van der Waals surface area (Å²) in [6.45, 7) is 4.33. The highest BCUT2D eigenvalue weighted by Crippen LogP contribution is 2.10. The summed E-state index contributed by atoms with van der Waals surface area (Å²) in [6, 6.07) is 8.95. The third-order valence-electron chi connectivity index (χ3n) is 2.44. The van der Waals surface area contributed by atoms with Crippen LogP contribution in [0.4, 0.5) is 5.95 Å². The summed E-state index contributed by atoms with van der Waals surface area (Å²) >= 11 is 0. The van der Waals surface area contributed by atoms with Crippen LogP contribution in [0.25, 0.3) is 0 Å². The van der Waals surface area contributed by atoms with Crippen LogP contribution < -0.4 is 15.7 Å². The smallest absolute Gasteiger partial charge is 0.252 e. The van der Waals surface area contributed by atoms with Gasteiger partial charge in [0.2, 0.25) is 5.95 Å². The van der Waals surface area contributed by atoms with E-state index in [-0.39, 0.29) is 5.56 Å². The van der Waals surface area contributed by atoms with E-state index in [1.807, 2.05) is 31.2 Å². The fraction of sp³-hybridized carbons (Fsp3) is 0.214. The number of nitrogens with zero attached hydrogens (tertiary/aromatic N) is 2. The fourth-order valence-corrected chi connectivity index (χ4v) is 1.62. The molecular weight excluding hydrogens is 256 g/mol. The summed E-state index contributed by atoms with van der Waals surface area (Å²) in [5.74, 6) is 1.14. The minimum Gasteiger partial charge on any atom is -0.494 e. The number of nitrogens with one attached hydrogen (secondary N) is 2. The molecule has 0 amide bonds. The normalized spacial score (nSPS) is 10.7. The predicted molar refractivity (Wildman–Crippen MR) is 78.4 cm³/mol. The van der Waals surface area contributed by atoms with E-state index in [9.17, 15) is 4.79 Å². The molecule has 104 valence electrons. The third-order valence-corrected chi connectivity index (χ3v) is 2.44. The van der Waals surface area contributed by atoms with Crippen LogP contribution in [0.1, 0.15) is 18.2 Å². The Hall–Kier alpha value is -2.63. The quantitative estimate of drug-likeness (QED) is 0.644. The lowest BCUT2D eigenvalue weighted by atomic mass is 10.2. The summed E-state index contributed by atoms with van der Waals surface area (Å²) in [5, 5.41) is 4.02. The minimum absolute atomic E-state index is 0.212. The molecule has 0 fully saturated rings. The Morgan fingerprint density at radius 3 is 2.80 bits per heavy atom. The average Bonchev–Trinajstić information content (AvgIpc) is 2.40. The highest BCUT2D eigenvalue weighted by molar-refractivity contribution is 5.80. The summed E-state index contributed by atoms with van der Waals surface area (Å²) in [4.78, 5) is 17.9. The molecule has 0 unspecified atom stereocenters. The van der Waals surface area contributed by atoms with Gasteiger partial charge in [-0.25, -0.2) is 10.4 Å². The van der Waals surface area contributed by atoms with Crippen molar-refractivity contribution in [3.8, 4) is 5.75 Å². The standard InChI is InChI=1S/C14H16N4O2/c1-3-20-12-6-4-11(5-7-12)9-15-18-14-16-10(2)8-13(19)17-14/h4-9H,3H2,1-2H3,(H2,16,17,18,19). The number of hydrazone groups is 1. The summed E-state index contributed by atoms with van der Waals surface area (Å²) in [7, 11) is 0. The Morgan fingerprint density at radius 1 is 1.40 bits per heavy atom. The molecule has 20 heavy (non-hydrogen) atoms. The molecule has 0 atom stereocenters. The Labute approximate surface area is 116 Å². The number of H-pyrrole nitrogens is 1. The number of hydrogen-bond donors (Lipinski definition) is 2. The van der Waals surface area contributed by atoms with E-state index in [2.05, 4.69) is 20.5 Å². The molecule has 0 aliphatic rings. The van der Waals surface area contributed by atoms with Crippen LogP contribution in [-0.2, 0) is 0 Å². The number of aryl methyl sites for hydroxylation is 1. The number of hydrogen-bond acceptors (Lipinski definition) is 5. The second-order valence-electron chi connectivity index (χ2n) is 4.11. The van der Waals surface area contributed by atoms with Crippen molar-refractivity contribution >= 4 is 12.2 Å². The maximum Gasteiger partial charge on any atom is 0.252 e. The molecule has 0 spiro atoms. The summed E-state index contributed by atoms with van der Waals surface area (Å²) in [5.41, 5.74) is 4.02. The number of aromatic nitrogens is 2. The van der Waals surface area contributed by atoms with Crippen LogP contribution >= 0.6 is 0 Å². The predicted octanol–water partition coefficient (Wildman–Crippen LogP) is 1.92. The zero-order valence-electron chi connectivity index (χ0n) is 11.4. The zero-order valence-corrected chi connectivity index (χ0v) is 11.4. The van der Waals surface area contributed by atoms with Crippen LogP contribution in [0.5, 0.6) is 5.75 Å². The highest BCUT2D eigenvalue weighted by Gasteiger charge is 1.95. The molecule has 2 aromatic rings. The van der Waals surface area contributed by atoms with Crippen molar-refractivity contribution in [2.24, 2.45) is 5.10 Å². The number of aromatic amines is 1. The first-order valence-corrected chi connectivity index (χ1v) is 6.27. The van der Waals surface area contributed by atoms with Crippen LogP contribution in [-0.4, -0.2) is 22.8 Å². The molecule has 0 aliphatic heterocycles. The van der Waals surface area contributed by atoms with Crippen LogP contribution in [0.2, 0.25) is 0 Å². The molecule has 0 saturated heterocycles. The van der Waals surface area contributed by atoms with Crippen molar-refractivity contribution < 1.29 is 4.74 Å². The molecule has 1 aromatic heterocycles. The van der Waals surface area contributed by atoms with Gasteiger partial charge in [-0.05, 0) is 43.7 Å². The zero-order chi connectivity index (χ0) is 14.4. The Morgan fingerprint density at radius 2 is 2.15 bits per heavy atom. The van der Waals surface area contributed by atoms with Gasteiger partial charge in [-0.15, -0.1) is 0 Å². The Kier molecular flexibility index (Phi) is 4.49. The van der Waals surface area contributed by atoms with Gasteiger partial charge in [0.1, 0.15) is 5.75 Å². The molecule has 2 N–H and O–H groups in total. The average molecular weight is 272 g/mol. The van der Waals surface area contributed by atoms with Crippen molar-refractivity contribution in [2.75, 3.05) is 12.0 Å². The number of rotatable bonds is 5. The van der Waals surface area contributed by atoms with Crippen molar-refractivity contribution in [2.45, 2.75) is 13.8 Å². The molecular formula is C14H16N4O2. The van der Waals surface area contributed by atoms with Gasteiger partial charge in [0, 0.05) is 11.8 Å². The Bertz CT molecular complexity index is 647. The molecule has 0 aliphatic carbocycles. The van der Waals surface area contributed by atoms with Gasteiger partial charge in [-0.1, -0.05) is 0 Å². The minimum atomic E-state index is -0.212. The van der Waals surface area contributed by atoms with Gasteiger partial charge in [-0.3, -0.25) is 9.78 Å². The number of anilines is 1. The first-order valence-electron chi connectivity index (χ1n) is 6.27. The van der Waals surface area contributed by atoms with E-state index < -0.39 is 0 Å². The van der Waals surface area contributed by atoms with Crippen molar-refractivity contribution in [1.82, 2.24) is 9.97 Å². The van der Waals surface area contributed by atoms with Gasteiger partial charge >= 0.3 is 0 Å². The first-order chi connectivity index (χ1) is 9.67. The van der Waals surface area contributed by atoms with E-state index >= 15 is 0 Å². The molecule has 0 saturated carbocycles. The summed E-state index contributed by atoms with van der Waals surface area (Å²) < 4.78 is 5.35. The first kappa shape index (κ1) is 13.8. The lowest BCUT2D eigenvalue weighted by Crippen LogP contribution is -2.10. The molecule has 0 radical (unpaired) electrons. The molecule has 0 bridgehead atoms. The monoisotopic (exact) mass is 272 g/mol. The molecule has 1 aromatic carbocycles. The lowest BCUT2D eigenvalue weighted by Gasteiger charge is -2.02. The number of ether oxygens (including phenoxy) is 1. The largest absolute Gasteiger partial charge is 0.494 e. The van der Waals surface area contributed by atoms with Gasteiger partial charge in [0.15, 0.2) is 0 Å². The third kappa shape index (κ3) is 3.94. The maximum absolute atomic E-state index is 11.2. The van der Waals surface area contributed by atoms with Crippen molar-refractivity contribution in [3.05, 3.63) is 51.9 Å². The van der Waals surface area contributed by atoms with Crippen LogP contribution in [0.3, 0.4) is 0 Å². The van der Waals surface area contributed by atoms with E-state index in [1.165, 1.54) is 6.07 Å². The second kappa shape index (κ2) is 6.51. The number of benzene rings is 1. The van der Waals surface area contributed by atoms with Crippen LogP contribution in [0.15, 0.2) is 40.2 Å². The fourth-order valence-electron chi connectivity index (χ4n) is 1.62. The van der Waals surface area contributed by atoms with Crippen molar-refractivity contribution in [1.29, 1.82) is 0 Å². The van der Waals surface area contributed by atoms with E-state index in [0.717, 1.165) is 11.3 Å². The van der Waals surface area contributed by atoms with Crippen molar-refractivity contribution in [3.63, 3.8) is 0 Å². The maximum atomic E-state index is 11.2. The second-order valence-corrected chi connectivity index (χ2v) is 4.11. The Balaban J connectivity index is 2.00. The van der Waals surface area contributed by atoms with Gasteiger partial charge < -0.3 is 4.74 Å². The topological polar surface area (TPSA) is 79.4 Å². The van der Waals surface area contributed by atoms with Gasteiger partial charge in [-0.2, -0.15) is 5.10 Å². The van der Waals surface area contributed by atoms with E-state index in [4.69, 9.17) is 4.74 Å². The molecule has 6 nitrogen and oxygen atoms in total. The molecule has 2 rings (SSSR count). The highest BCUT2D eigenvalue weighted by atomic mass is 16.5. The van der Waals surface area contributed by atoms with Crippen LogP contribution in [0, 0.1) is 6.92 Å². The van der Waals surface area contributed by atoms with E-state index in [1.54, 1.807) is 13.1 Å². The van der Waals surface area contributed by atoms with Gasteiger partial charge in [0.05, 0.1) is 12.8 Å². The SMILES string of the molecule is CCOc1ccc(C=NNc2nc(C)cc(=O)[nH]2)cc1. The molecule has 1 heterocycles. The summed E-state index contributed by atoms with van der Waals surface area (Å²) in [6.07, 6.45) is 1.64.